The highest BCUT2D eigenvalue weighted by atomic mass is 16.5. The Bertz CT molecular complexity index is 1160. The molecule has 0 saturated carbocycles. The van der Waals surface area contributed by atoms with Crippen LogP contribution >= 0.6 is 0 Å². The van der Waals surface area contributed by atoms with Crippen molar-refractivity contribution in [3.05, 3.63) is 77.2 Å². The van der Waals surface area contributed by atoms with Gasteiger partial charge in [0.2, 0.25) is 12.6 Å². The average molecular weight is 400 g/mol. The van der Waals surface area contributed by atoms with Gasteiger partial charge in [-0.05, 0) is 55.7 Å². The van der Waals surface area contributed by atoms with E-state index in [4.69, 9.17) is 4.74 Å². The van der Waals surface area contributed by atoms with E-state index in [1.165, 1.54) is 16.5 Å². The predicted molar refractivity (Wildman–Crippen MR) is 118 cm³/mol. The molecule has 2 aliphatic heterocycles. The van der Waals surface area contributed by atoms with Crippen molar-refractivity contribution >= 4 is 23.0 Å². The Morgan fingerprint density at radius 1 is 1.17 bits per heavy atom. The molecule has 3 aromatic rings. The molecule has 6 nitrogen and oxygen atoms in total. The standard InChI is InChI=1S/C24H24N4O2/c1-15-3-8-21-20(13-15)19-9-12-28(14-29)23(22(19)27-21)17-4-6-18(7-5-17)30-24-16(2)25-10-11-26-24/h3-8,10-11,13-14,23-24,26-27H,9,12H2,1-2H3. The van der Waals surface area contributed by atoms with Crippen LogP contribution in [-0.4, -0.2) is 34.8 Å². The Labute approximate surface area is 175 Å². The molecule has 2 N–H and O–H groups in total. The second kappa shape index (κ2) is 7.37. The number of aromatic nitrogens is 1. The van der Waals surface area contributed by atoms with Crippen molar-refractivity contribution in [2.45, 2.75) is 32.5 Å². The van der Waals surface area contributed by atoms with Crippen LogP contribution in [0.2, 0.25) is 0 Å². The lowest BCUT2D eigenvalue weighted by Crippen LogP contribution is -2.38. The summed E-state index contributed by atoms with van der Waals surface area (Å²) in [7, 11) is 0. The summed E-state index contributed by atoms with van der Waals surface area (Å²) < 4.78 is 6.01. The van der Waals surface area contributed by atoms with E-state index >= 15 is 0 Å². The van der Waals surface area contributed by atoms with Crippen LogP contribution in [0.1, 0.15) is 35.3 Å². The van der Waals surface area contributed by atoms with Gasteiger partial charge in [0, 0.05) is 35.5 Å². The molecule has 2 aliphatic rings. The number of hydrogen-bond donors (Lipinski definition) is 2. The number of nitrogens with zero attached hydrogens (tertiary/aromatic N) is 2. The van der Waals surface area contributed by atoms with Gasteiger partial charge in [-0.3, -0.25) is 9.79 Å². The van der Waals surface area contributed by atoms with Crippen LogP contribution in [0.4, 0.5) is 0 Å². The zero-order valence-corrected chi connectivity index (χ0v) is 17.1. The van der Waals surface area contributed by atoms with Crippen LogP contribution in [0.5, 0.6) is 5.75 Å². The monoisotopic (exact) mass is 400 g/mol. The minimum Gasteiger partial charge on any atom is -0.465 e. The molecule has 2 aromatic carbocycles. The Morgan fingerprint density at radius 2 is 2.00 bits per heavy atom. The van der Waals surface area contributed by atoms with E-state index in [-0.39, 0.29) is 12.3 Å². The fourth-order valence-electron chi connectivity index (χ4n) is 4.35. The molecular formula is C24H24N4O2. The largest absolute Gasteiger partial charge is 0.465 e. The van der Waals surface area contributed by atoms with E-state index in [0.29, 0.717) is 6.54 Å². The number of aryl methyl sites for hydroxylation is 1. The summed E-state index contributed by atoms with van der Waals surface area (Å²) in [5, 5.41) is 4.41. The third kappa shape index (κ3) is 3.14. The SMILES string of the molecule is CC1=NC=CNC1Oc1ccc(C2c3[nH]c4ccc(C)cc4c3CCN2C=O)cc1. The summed E-state index contributed by atoms with van der Waals surface area (Å²) in [6.07, 6.45) is 5.02. The van der Waals surface area contributed by atoms with E-state index in [9.17, 15) is 4.79 Å². The highest BCUT2D eigenvalue weighted by Gasteiger charge is 2.31. The highest BCUT2D eigenvalue weighted by Crippen LogP contribution is 2.38. The zero-order valence-electron chi connectivity index (χ0n) is 17.1. The third-order valence-electron chi connectivity index (χ3n) is 5.88. The number of nitrogens with one attached hydrogen (secondary N) is 2. The van der Waals surface area contributed by atoms with E-state index in [0.717, 1.165) is 41.1 Å². The number of aromatic amines is 1. The van der Waals surface area contributed by atoms with Gasteiger partial charge in [-0.2, -0.15) is 0 Å². The van der Waals surface area contributed by atoms with Crippen molar-refractivity contribution in [1.82, 2.24) is 15.2 Å². The van der Waals surface area contributed by atoms with Crippen LogP contribution in [0.3, 0.4) is 0 Å². The fourth-order valence-corrected chi connectivity index (χ4v) is 4.35. The molecule has 1 aromatic heterocycles. The molecule has 0 spiro atoms. The van der Waals surface area contributed by atoms with Crippen molar-refractivity contribution < 1.29 is 9.53 Å². The molecule has 152 valence electrons. The normalized spacial score (nSPS) is 20.5. The van der Waals surface area contributed by atoms with Gasteiger partial charge in [-0.15, -0.1) is 0 Å². The Balaban J connectivity index is 1.48. The van der Waals surface area contributed by atoms with Crippen LogP contribution in [0.25, 0.3) is 10.9 Å². The lowest BCUT2D eigenvalue weighted by atomic mass is 9.92. The van der Waals surface area contributed by atoms with Gasteiger partial charge in [0.05, 0.1) is 11.8 Å². The van der Waals surface area contributed by atoms with E-state index in [1.807, 2.05) is 36.1 Å². The predicted octanol–water partition coefficient (Wildman–Crippen LogP) is 3.82. The molecule has 0 aliphatic carbocycles. The topological polar surface area (TPSA) is 69.7 Å². The van der Waals surface area contributed by atoms with E-state index in [2.05, 4.69) is 40.4 Å². The van der Waals surface area contributed by atoms with E-state index < -0.39 is 0 Å². The van der Waals surface area contributed by atoms with Gasteiger partial charge < -0.3 is 19.9 Å². The third-order valence-corrected chi connectivity index (χ3v) is 5.88. The molecule has 1 amide bonds. The molecule has 2 atom stereocenters. The molecule has 3 heterocycles. The highest BCUT2D eigenvalue weighted by molar-refractivity contribution is 5.88. The number of benzene rings is 2. The summed E-state index contributed by atoms with van der Waals surface area (Å²) in [4.78, 5) is 21.6. The molecule has 0 radical (unpaired) electrons. The fraction of sp³-hybridized carbons (Fsp3) is 0.250. The van der Waals surface area contributed by atoms with Crippen molar-refractivity contribution in [2.24, 2.45) is 4.99 Å². The Morgan fingerprint density at radius 3 is 2.77 bits per heavy atom. The number of aliphatic imine (C=N–C) groups is 1. The van der Waals surface area contributed by atoms with Crippen molar-refractivity contribution in [2.75, 3.05) is 6.54 Å². The van der Waals surface area contributed by atoms with Crippen LogP contribution in [-0.2, 0) is 11.2 Å². The summed E-state index contributed by atoms with van der Waals surface area (Å²) in [5.74, 6) is 0.752. The smallest absolute Gasteiger partial charge is 0.210 e. The maximum atomic E-state index is 11.8. The molecule has 5 rings (SSSR count). The van der Waals surface area contributed by atoms with Crippen LogP contribution in [0, 0.1) is 6.92 Å². The number of rotatable bonds is 4. The molecule has 6 heteroatoms. The molecular weight excluding hydrogens is 376 g/mol. The summed E-state index contributed by atoms with van der Waals surface area (Å²) in [6.45, 7) is 4.74. The summed E-state index contributed by atoms with van der Waals surface area (Å²) >= 11 is 0. The number of carbonyl (C=O) groups excluding carboxylic acids is 1. The number of carbonyl (C=O) groups is 1. The van der Waals surface area contributed by atoms with Crippen molar-refractivity contribution in [3.63, 3.8) is 0 Å². The first-order valence-corrected chi connectivity index (χ1v) is 10.2. The van der Waals surface area contributed by atoms with Gasteiger partial charge in [0.1, 0.15) is 5.75 Å². The number of amides is 1. The minimum absolute atomic E-state index is 0.132. The van der Waals surface area contributed by atoms with Crippen molar-refractivity contribution in [1.29, 1.82) is 0 Å². The molecule has 30 heavy (non-hydrogen) atoms. The van der Waals surface area contributed by atoms with Crippen LogP contribution < -0.4 is 10.1 Å². The molecule has 0 fully saturated rings. The van der Waals surface area contributed by atoms with Gasteiger partial charge in [-0.25, -0.2) is 0 Å². The second-order valence-corrected chi connectivity index (χ2v) is 7.88. The van der Waals surface area contributed by atoms with Crippen LogP contribution in [0.15, 0.2) is 59.9 Å². The maximum Gasteiger partial charge on any atom is 0.210 e. The number of ether oxygens (including phenoxy) is 1. The molecule has 2 unspecified atom stereocenters. The average Bonchev–Trinajstić information content (AvgIpc) is 3.13. The molecule has 0 bridgehead atoms. The van der Waals surface area contributed by atoms with Gasteiger partial charge in [0.25, 0.3) is 0 Å². The maximum absolute atomic E-state index is 11.8. The second-order valence-electron chi connectivity index (χ2n) is 7.88. The van der Waals surface area contributed by atoms with Gasteiger partial charge in [0.15, 0.2) is 0 Å². The number of hydrogen-bond acceptors (Lipinski definition) is 4. The minimum atomic E-state index is -0.273. The first-order chi connectivity index (χ1) is 14.6. The van der Waals surface area contributed by atoms with Gasteiger partial charge in [-0.1, -0.05) is 23.8 Å². The van der Waals surface area contributed by atoms with Crippen molar-refractivity contribution in [3.8, 4) is 5.75 Å². The summed E-state index contributed by atoms with van der Waals surface area (Å²) in [5.41, 5.74) is 6.70. The molecule has 0 saturated heterocycles. The van der Waals surface area contributed by atoms with E-state index in [1.54, 1.807) is 12.4 Å². The Kier molecular flexibility index (Phi) is 4.54. The number of H-pyrrole nitrogens is 1. The lowest BCUT2D eigenvalue weighted by Gasteiger charge is -2.33. The zero-order chi connectivity index (χ0) is 20.7. The summed E-state index contributed by atoms with van der Waals surface area (Å²) in [6, 6.07) is 14.3. The lowest BCUT2D eigenvalue weighted by molar-refractivity contribution is -0.120. The Hall–Kier alpha value is -3.54. The number of fused-ring (bicyclic) bond motifs is 3. The quantitative estimate of drug-likeness (QED) is 0.654. The first-order valence-electron chi connectivity index (χ1n) is 10.2. The first kappa shape index (κ1) is 18.5. The van der Waals surface area contributed by atoms with Gasteiger partial charge >= 0.3 is 0 Å².